The lowest BCUT2D eigenvalue weighted by atomic mass is 9.95. The lowest BCUT2D eigenvalue weighted by Crippen LogP contribution is -2.45. The third kappa shape index (κ3) is 4.84. The van der Waals surface area contributed by atoms with E-state index < -0.39 is 12.0 Å². The van der Waals surface area contributed by atoms with Gasteiger partial charge in [0, 0.05) is 17.9 Å². The van der Waals surface area contributed by atoms with Crippen molar-refractivity contribution in [2.45, 2.75) is 51.7 Å². The minimum absolute atomic E-state index is 0.0564. The smallest absolute Gasteiger partial charge is 0.338 e. The van der Waals surface area contributed by atoms with Gasteiger partial charge in [0.1, 0.15) is 12.4 Å². The van der Waals surface area contributed by atoms with E-state index in [1.807, 2.05) is 24.3 Å². The van der Waals surface area contributed by atoms with Crippen LogP contribution in [-0.4, -0.2) is 37.9 Å². The molecule has 0 bridgehead atoms. The number of amides is 2. The van der Waals surface area contributed by atoms with E-state index in [4.69, 9.17) is 14.2 Å². The molecule has 2 N–H and O–H groups in total. The van der Waals surface area contributed by atoms with Crippen LogP contribution in [0.2, 0.25) is 0 Å². The maximum Gasteiger partial charge on any atom is 0.338 e. The van der Waals surface area contributed by atoms with Crippen LogP contribution in [0.5, 0.6) is 5.75 Å². The van der Waals surface area contributed by atoms with Gasteiger partial charge in [-0.15, -0.1) is 0 Å². The minimum Gasteiger partial charge on any atom is -0.493 e. The number of rotatable bonds is 8. The number of urea groups is 1. The number of ether oxygens (including phenoxy) is 3. The van der Waals surface area contributed by atoms with Crippen LogP contribution >= 0.6 is 0 Å². The number of benzene rings is 1. The quantitative estimate of drug-likeness (QED) is 0.528. The molecule has 2 heterocycles. The summed E-state index contributed by atoms with van der Waals surface area (Å²) in [6, 6.07) is 6.45. The fourth-order valence-corrected chi connectivity index (χ4v) is 3.40. The van der Waals surface area contributed by atoms with E-state index in [0.29, 0.717) is 30.2 Å². The van der Waals surface area contributed by atoms with E-state index in [2.05, 4.69) is 17.6 Å². The number of esters is 1. The highest BCUT2D eigenvalue weighted by atomic mass is 16.6. The summed E-state index contributed by atoms with van der Waals surface area (Å²) < 4.78 is 16.9. The van der Waals surface area contributed by atoms with Gasteiger partial charge in [0.05, 0.1) is 24.3 Å². The van der Waals surface area contributed by atoms with Crippen LogP contribution in [0, 0.1) is 0 Å². The van der Waals surface area contributed by atoms with Gasteiger partial charge in [0.15, 0.2) is 0 Å². The number of carbonyl (C=O) groups excluding carboxylic acids is 2. The molecule has 2 amide bonds. The van der Waals surface area contributed by atoms with Crippen LogP contribution in [0.4, 0.5) is 4.79 Å². The molecule has 1 aromatic rings. The first-order valence-electron chi connectivity index (χ1n) is 9.89. The van der Waals surface area contributed by atoms with Gasteiger partial charge in [-0.1, -0.05) is 31.5 Å². The fourth-order valence-electron chi connectivity index (χ4n) is 3.40. The third-order valence-electron chi connectivity index (χ3n) is 4.90. The molecule has 2 aliphatic heterocycles. The van der Waals surface area contributed by atoms with Crippen molar-refractivity contribution < 1.29 is 23.8 Å². The summed E-state index contributed by atoms with van der Waals surface area (Å²) in [5.74, 6) is 0.189. The van der Waals surface area contributed by atoms with Crippen molar-refractivity contribution in [3.63, 3.8) is 0 Å². The summed E-state index contributed by atoms with van der Waals surface area (Å²) in [5, 5.41) is 5.50. The molecule has 2 atom stereocenters. The maximum absolute atomic E-state index is 12.9. The average Bonchev–Trinajstić information content (AvgIpc) is 3.20. The average molecular weight is 388 g/mol. The van der Waals surface area contributed by atoms with Crippen molar-refractivity contribution in [1.29, 1.82) is 0 Å². The summed E-state index contributed by atoms with van der Waals surface area (Å²) >= 11 is 0. The van der Waals surface area contributed by atoms with E-state index in [9.17, 15) is 9.59 Å². The molecule has 2 aliphatic rings. The zero-order valence-corrected chi connectivity index (χ0v) is 16.5. The molecule has 0 unspecified atom stereocenters. The second-order valence-electron chi connectivity index (χ2n) is 7.04. The molecule has 1 saturated heterocycles. The SMILES string of the molecule is CCCCOc1ccccc1[C@@H]1NC(=O)NC(C)=C1C(=O)OC[C@H]1CCCO1. The molecule has 0 spiro atoms. The van der Waals surface area contributed by atoms with Crippen LogP contribution in [0.15, 0.2) is 35.5 Å². The number of hydrogen-bond donors (Lipinski definition) is 2. The fraction of sp³-hybridized carbons (Fsp3) is 0.524. The number of carbonyl (C=O) groups is 2. The van der Waals surface area contributed by atoms with Gasteiger partial charge in [0.25, 0.3) is 0 Å². The minimum atomic E-state index is -0.636. The summed E-state index contributed by atoms with van der Waals surface area (Å²) in [5.41, 5.74) is 1.59. The lowest BCUT2D eigenvalue weighted by molar-refractivity contribution is -0.142. The largest absolute Gasteiger partial charge is 0.493 e. The normalized spacial score (nSPS) is 21.9. The highest BCUT2D eigenvalue weighted by molar-refractivity contribution is 5.95. The predicted molar refractivity (Wildman–Crippen MR) is 104 cm³/mol. The second kappa shape index (κ2) is 9.59. The molecular formula is C21H28N2O5. The monoisotopic (exact) mass is 388 g/mol. The van der Waals surface area contributed by atoms with E-state index in [-0.39, 0.29) is 18.7 Å². The molecule has 1 fully saturated rings. The zero-order valence-electron chi connectivity index (χ0n) is 16.5. The zero-order chi connectivity index (χ0) is 19.9. The van der Waals surface area contributed by atoms with Crippen molar-refractivity contribution in [3.05, 3.63) is 41.1 Å². The molecule has 7 nitrogen and oxygen atoms in total. The lowest BCUT2D eigenvalue weighted by Gasteiger charge is -2.29. The first-order chi connectivity index (χ1) is 13.6. The number of unbranched alkanes of at least 4 members (excludes halogenated alkanes) is 1. The van der Waals surface area contributed by atoms with Gasteiger partial charge >= 0.3 is 12.0 Å². The van der Waals surface area contributed by atoms with Crippen molar-refractivity contribution in [2.24, 2.45) is 0 Å². The highest BCUT2D eigenvalue weighted by Gasteiger charge is 2.34. The van der Waals surface area contributed by atoms with Crippen LogP contribution in [0.25, 0.3) is 0 Å². The van der Waals surface area contributed by atoms with Gasteiger partial charge in [0.2, 0.25) is 0 Å². The van der Waals surface area contributed by atoms with Crippen LogP contribution in [0.1, 0.15) is 51.1 Å². The van der Waals surface area contributed by atoms with Crippen molar-refractivity contribution in [2.75, 3.05) is 19.8 Å². The molecule has 3 rings (SSSR count). The topological polar surface area (TPSA) is 85.9 Å². The van der Waals surface area contributed by atoms with E-state index in [1.54, 1.807) is 6.92 Å². The Morgan fingerprint density at radius 2 is 2.14 bits per heavy atom. The Morgan fingerprint density at radius 1 is 1.32 bits per heavy atom. The number of allylic oxidation sites excluding steroid dienone is 1. The molecule has 0 aromatic heterocycles. The Morgan fingerprint density at radius 3 is 2.89 bits per heavy atom. The first-order valence-corrected chi connectivity index (χ1v) is 9.89. The van der Waals surface area contributed by atoms with Crippen LogP contribution in [0.3, 0.4) is 0 Å². The summed E-state index contributed by atoms with van der Waals surface area (Å²) in [6.45, 7) is 5.29. The Bertz CT molecular complexity index is 740. The van der Waals surface area contributed by atoms with Gasteiger partial charge in [-0.3, -0.25) is 0 Å². The van der Waals surface area contributed by atoms with Crippen LogP contribution in [-0.2, 0) is 14.3 Å². The molecular weight excluding hydrogens is 360 g/mol. The van der Waals surface area contributed by atoms with Gasteiger partial charge in [-0.05, 0) is 32.3 Å². The summed E-state index contributed by atoms with van der Waals surface area (Å²) in [6.07, 6.45) is 3.76. The predicted octanol–water partition coefficient (Wildman–Crippen LogP) is 3.22. The van der Waals surface area contributed by atoms with E-state index in [0.717, 1.165) is 31.2 Å². The van der Waals surface area contributed by atoms with E-state index >= 15 is 0 Å². The number of nitrogens with one attached hydrogen (secondary N) is 2. The summed E-state index contributed by atoms with van der Waals surface area (Å²) in [7, 11) is 0. The van der Waals surface area contributed by atoms with Crippen molar-refractivity contribution >= 4 is 12.0 Å². The Kier molecular flexibility index (Phi) is 6.92. The molecule has 0 aliphatic carbocycles. The maximum atomic E-state index is 12.9. The summed E-state index contributed by atoms with van der Waals surface area (Å²) in [4.78, 5) is 25.0. The molecule has 7 heteroatoms. The second-order valence-corrected chi connectivity index (χ2v) is 7.04. The number of para-hydroxylation sites is 1. The molecule has 152 valence electrons. The molecule has 0 saturated carbocycles. The van der Waals surface area contributed by atoms with Gasteiger partial charge < -0.3 is 24.8 Å². The van der Waals surface area contributed by atoms with Crippen molar-refractivity contribution in [3.8, 4) is 5.75 Å². The highest BCUT2D eigenvalue weighted by Crippen LogP contribution is 2.33. The number of hydrogen-bond acceptors (Lipinski definition) is 5. The van der Waals surface area contributed by atoms with Gasteiger partial charge in [-0.2, -0.15) is 0 Å². The van der Waals surface area contributed by atoms with E-state index in [1.165, 1.54) is 0 Å². The molecule has 28 heavy (non-hydrogen) atoms. The Hall–Kier alpha value is -2.54. The van der Waals surface area contributed by atoms with Crippen LogP contribution < -0.4 is 15.4 Å². The first kappa shape index (κ1) is 20.2. The standard InChI is InChI=1S/C21H28N2O5/c1-3-4-11-27-17-10-6-5-9-16(17)19-18(14(2)22-21(25)23-19)20(24)28-13-15-8-7-12-26-15/h5-6,9-10,15,19H,3-4,7-8,11-13H2,1-2H3,(H2,22,23,25)/t15-,19+/m1/s1. The molecule has 0 radical (unpaired) electrons. The Labute approximate surface area is 165 Å². The Balaban J connectivity index is 1.82. The van der Waals surface area contributed by atoms with Crippen molar-refractivity contribution in [1.82, 2.24) is 10.6 Å². The third-order valence-corrected chi connectivity index (χ3v) is 4.90. The molecule has 1 aromatic carbocycles. The van der Waals surface area contributed by atoms with Gasteiger partial charge in [-0.25, -0.2) is 9.59 Å².